The molecule has 0 fully saturated rings. The van der Waals surface area contributed by atoms with Gasteiger partial charge in [-0.05, 0) is 35.1 Å². The summed E-state index contributed by atoms with van der Waals surface area (Å²) in [5.74, 6) is -1.23. The van der Waals surface area contributed by atoms with Crippen molar-refractivity contribution in [1.29, 1.82) is 0 Å². The largest absolute Gasteiger partial charge is 0.445 e. The molecule has 4 rings (SSSR count). The van der Waals surface area contributed by atoms with Crippen molar-refractivity contribution < 1.29 is 32.6 Å². The first-order valence-electron chi connectivity index (χ1n) is 14.1. The molecule has 2 unspecified atom stereocenters. The lowest BCUT2D eigenvalue weighted by Gasteiger charge is -2.26. The molecular formula is C33H37NO7P2. The molecule has 8 nitrogen and oxygen atoms in total. The topological polar surface area (TPSA) is 111 Å². The highest BCUT2D eigenvalue weighted by Gasteiger charge is 2.36. The molecule has 0 aliphatic carbocycles. The summed E-state index contributed by atoms with van der Waals surface area (Å²) in [6.07, 6.45) is -0.900. The first kappa shape index (κ1) is 32.4. The fourth-order valence-electron chi connectivity index (χ4n) is 4.31. The summed E-state index contributed by atoms with van der Waals surface area (Å²) in [4.78, 5) is 24.0. The third kappa shape index (κ3) is 11.3. The number of hydrogen-bond donors (Lipinski definition) is 2. The third-order valence-corrected chi connectivity index (χ3v) is 10.8. The van der Waals surface area contributed by atoms with Crippen LogP contribution in [0.4, 0.5) is 4.79 Å². The van der Waals surface area contributed by atoms with Gasteiger partial charge in [0.05, 0.1) is 19.4 Å². The second-order valence-corrected chi connectivity index (χ2v) is 14.8. The SMILES string of the molecule is O=C(NC(CCP(=O)(OCc1ccccc1)OCc1ccccc1)P(=O)(O)CCc1ccccc1)OCc1ccccc1. The zero-order valence-corrected chi connectivity index (χ0v) is 25.7. The van der Waals surface area contributed by atoms with Crippen molar-refractivity contribution in [2.75, 3.05) is 12.3 Å². The van der Waals surface area contributed by atoms with E-state index in [0.717, 1.165) is 22.3 Å². The van der Waals surface area contributed by atoms with Crippen LogP contribution in [-0.2, 0) is 49.2 Å². The highest BCUT2D eigenvalue weighted by atomic mass is 31.2. The van der Waals surface area contributed by atoms with Crippen molar-refractivity contribution in [3.63, 3.8) is 0 Å². The molecule has 2 N–H and O–H groups in total. The number of carbonyl (C=O) groups excluding carboxylic acids is 1. The van der Waals surface area contributed by atoms with Crippen LogP contribution in [-0.4, -0.2) is 29.1 Å². The van der Waals surface area contributed by atoms with Gasteiger partial charge in [-0.15, -0.1) is 0 Å². The van der Waals surface area contributed by atoms with Crippen molar-refractivity contribution in [3.8, 4) is 0 Å². The Bertz CT molecular complexity index is 1440. The number of rotatable bonds is 16. The van der Waals surface area contributed by atoms with Crippen LogP contribution in [0.1, 0.15) is 28.7 Å². The first-order chi connectivity index (χ1) is 20.8. The fraction of sp³-hybridized carbons (Fsp3) is 0.242. The van der Waals surface area contributed by atoms with Crippen molar-refractivity contribution in [2.45, 2.75) is 38.4 Å². The highest BCUT2D eigenvalue weighted by Crippen LogP contribution is 2.54. The summed E-state index contributed by atoms with van der Waals surface area (Å²) in [6, 6.07) is 37.0. The maximum Gasteiger partial charge on any atom is 0.408 e. The zero-order valence-electron chi connectivity index (χ0n) is 23.9. The molecule has 2 atom stereocenters. The Morgan fingerprint density at radius 1 is 0.628 bits per heavy atom. The van der Waals surface area contributed by atoms with Crippen LogP contribution < -0.4 is 5.32 Å². The van der Waals surface area contributed by atoms with Gasteiger partial charge in [0.15, 0.2) is 0 Å². The minimum absolute atomic E-state index is 0.00198. The lowest BCUT2D eigenvalue weighted by Crippen LogP contribution is -2.36. The van der Waals surface area contributed by atoms with Crippen LogP contribution in [0.15, 0.2) is 121 Å². The molecule has 0 spiro atoms. The Morgan fingerprint density at radius 2 is 1.05 bits per heavy atom. The molecule has 0 aromatic heterocycles. The molecular weight excluding hydrogens is 584 g/mol. The van der Waals surface area contributed by atoms with E-state index in [-0.39, 0.29) is 38.6 Å². The van der Waals surface area contributed by atoms with Crippen LogP contribution in [0.25, 0.3) is 0 Å². The average Bonchev–Trinajstić information content (AvgIpc) is 3.05. The van der Waals surface area contributed by atoms with Crippen LogP contribution in [0, 0.1) is 0 Å². The molecule has 0 radical (unpaired) electrons. The van der Waals surface area contributed by atoms with Gasteiger partial charge >= 0.3 is 13.7 Å². The Balaban J connectivity index is 1.48. The van der Waals surface area contributed by atoms with E-state index in [0.29, 0.717) is 6.42 Å². The normalized spacial score (nSPS) is 13.5. The Kier molecular flexibility index (Phi) is 12.3. The summed E-state index contributed by atoms with van der Waals surface area (Å²) in [5, 5.41) is 2.58. The molecule has 4 aromatic rings. The van der Waals surface area contributed by atoms with Crippen molar-refractivity contribution in [1.82, 2.24) is 5.32 Å². The van der Waals surface area contributed by atoms with Gasteiger partial charge in [0.2, 0.25) is 7.37 Å². The highest BCUT2D eigenvalue weighted by molar-refractivity contribution is 7.59. The summed E-state index contributed by atoms with van der Waals surface area (Å²) in [5.41, 5.74) is 3.28. The number of benzene rings is 4. The molecule has 226 valence electrons. The number of amides is 1. The van der Waals surface area contributed by atoms with Crippen LogP contribution in [0.5, 0.6) is 0 Å². The summed E-state index contributed by atoms with van der Waals surface area (Å²) < 4.78 is 44.8. The molecule has 0 heterocycles. The summed E-state index contributed by atoms with van der Waals surface area (Å²) in [7, 11) is -7.78. The maximum atomic E-state index is 14.0. The van der Waals surface area contributed by atoms with E-state index in [2.05, 4.69) is 5.32 Å². The van der Waals surface area contributed by atoms with E-state index in [1.807, 2.05) is 121 Å². The van der Waals surface area contributed by atoms with E-state index < -0.39 is 26.8 Å². The number of hydrogen-bond acceptors (Lipinski definition) is 6. The van der Waals surface area contributed by atoms with Crippen LogP contribution in [0.2, 0.25) is 0 Å². The molecule has 10 heteroatoms. The van der Waals surface area contributed by atoms with Crippen molar-refractivity contribution in [3.05, 3.63) is 144 Å². The number of aryl methyl sites for hydroxylation is 1. The molecule has 0 saturated carbocycles. The zero-order chi connectivity index (χ0) is 30.4. The van der Waals surface area contributed by atoms with Gasteiger partial charge in [-0.2, -0.15) is 0 Å². The molecule has 1 amide bonds. The fourth-order valence-corrected chi connectivity index (χ4v) is 7.84. The lowest BCUT2D eigenvalue weighted by molar-refractivity contribution is 0.137. The van der Waals surface area contributed by atoms with Gasteiger partial charge in [0.25, 0.3) is 0 Å². The summed E-state index contributed by atoms with van der Waals surface area (Å²) >= 11 is 0. The first-order valence-corrected chi connectivity index (χ1v) is 17.7. The van der Waals surface area contributed by atoms with E-state index >= 15 is 0 Å². The number of nitrogens with one attached hydrogen (secondary N) is 1. The second kappa shape index (κ2) is 16.4. The van der Waals surface area contributed by atoms with Gasteiger partial charge in [-0.3, -0.25) is 9.13 Å². The predicted molar refractivity (Wildman–Crippen MR) is 168 cm³/mol. The molecule has 43 heavy (non-hydrogen) atoms. The molecule has 0 aliphatic rings. The molecule has 0 bridgehead atoms. The van der Waals surface area contributed by atoms with Gasteiger partial charge in [0.1, 0.15) is 12.4 Å². The summed E-state index contributed by atoms with van der Waals surface area (Å²) in [6.45, 7) is 0.0713. The maximum absolute atomic E-state index is 14.0. The van der Waals surface area contributed by atoms with Gasteiger partial charge in [-0.25, -0.2) is 4.79 Å². The van der Waals surface area contributed by atoms with Gasteiger partial charge < -0.3 is 24.0 Å². The second-order valence-electron chi connectivity index (χ2n) is 10.1. The van der Waals surface area contributed by atoms with Gasteiger partial charge in [-0.1, -0.05) is 121 Å². The van der Waals surface area contributed by atoms with Gasteiger partial charge in [0, 0.05) is 6.16 Å². The number of carbonyl (C=O) groups is 1. The number of alkyl carbamates (subject to hydrolysis) is 1. The Hall–Kier alpha value is -3.51. The molecule has 0 aliphatic heterocycles. The van der Waals surface area contributed by atoms with Crippen molar-refractivity contribution >= 4 is 21.1 Å². The van der Waals surface area contributed by atoms with E-state index in [4.69, 9.17) is 13.8 Å². The van der Waals surface area contributed by atoms with Crippen LogP contribution >= 0.6 is 15.0 Å². The van der Waals surface area contributed by atoms with E-state index in [1.165, 1.54) is 0 Å². The Morgan fingerprint density at radius 3 is 1.51 bits per heavy atom. The molecule has 0 saturated heterocycles. The van der Waals surface area contributed by atoms with Crippen LogP contribution in [0.3, 0.4) is 0 Å². The quantitative estimate of drug-likeness (QED) is 0.123. The standard InChI is InChI=1S/C33H37NO7P2/c35-33(39-25-29-15-7-2-8-16-29)34-32(42(36,37)23-21-28-13-5-1-6-14-28)22-24-43(38,40-26-30-17-9-3-10-18-30)41-27-31-19-11-4-12-20-31/h1-20,32H,21-27H2,(H,34,35)(H,36,37). The molecule has 4 aromatic carbocycles. The third-order valence-electron chi connectivity index (χ3n) is 6.77. The minimum atomic E-state index is -4.00. The predicted octanol–water partition coefficient (Wildman–Crippen LogP) is 7.77. The van der Waals surface area contributed by atoms with E-state index in [9.17, 15) is 18.8 Å². The minimum Gasteiger partial charge on any atom is -0.445 e. The van der Waals surface area contributed by atoms with E-state index in [1.54, 1.807) is 0 Å². The Labute approximate surface area is 253 Å². The smallest absolute Gasteiger partial charge is 0.408 e. The number of ether oxygens (including phenoxy) is 1. The lowest BCUT2D eigenvalue weighted by atomic mass is 10.2. The average molecular weight is 622 g/mol. The monoisotopic (exact) mass is 621 g/mol. The van der Waals surface area contributed by atoms with Crippen molar-refractivity contribution in [2.24, 2.45) is 0 Å².